The number of nitrogens with zero attached hydrogens (tertiary/aromatic N) is 1. The number of carbonyl (C=O) groups excluding carboxylic acids is 2. The van der Waals surface area contributed by atoms with Crippen LogP contribution in [0.2, 0.25) is 10.0 Å². The highest BCUT2D eigenvalue weighted by atomic mass is 35.5. The highest BCUT2D eigenvalue weighted by molar-refractivity contribution is 7.22. The number of carbonyl (C=O) groups is 2. The number of rotatable bonds is 6. The average molecular weight is 453 g/mol. The van der Waals surface area contributed by atoms with Crippen molar-refractivity contribution in [1.82, 2.24) is 4.98 Å². The molecule has 2 aromatic carbocycles. The molecule has 0 saturated carbocycles. The molecule has 1 atom stereocenters. The predicted molar refractivity (Wildman–Crippen MR) is 115 cm³/mol. The molecule has 6 nitrogen and oxygen atoms in total. The maximum atomic E-state index is 12.5. The number of thiazole rings is 1. The fourth-order valence-electron chi connectivity index (χ4n) is 2.41. The second-order valence-corrected chi connectivity index (χ2v) is 8.35. The van der Waals surface area contributed by atoms with Crippen molar-refractivity contribution >= 4 is 61.8 Å². The molecule has 0 spiro atoms. The van der Waals surface area contributed by atoms with Gasteiger partial charge in [0.2, 0.25) is 0 Å². The van der Waals surface area contributed by atoms with Crippen molar-refractivity contribution < 1.29 is 19.1 Å². The number of amides is 1. The summed E-state index contributed by atoms with van der Waals surface area (Å²) in [5, 5.41) is 3.92. The van der Waals surface area contributed by atoms with E-state index in [4.69, 9.17) is 32.7 Å². The normalized spacial score (nSPS) is 12.1. The number of ether oxygens (including phenoxy) is 2. The summed E-state index contributed by atoms with van der Waals surface area (Å²) in [6, 6.07) is 9.82. The first-order chi connectivity index (χ1) is 13.7. The molecule has 0 aliphatic heterocycles. The van der Waals surface area contributed by atoms with Crippen molar-refractivity contribution in [1.29, 1.82) is 0 Å². The van der Waals surface area contributed by atoms with Crippen molar-refractivity contribution in [3.63, 3.8) is 0 Å². The van der Waals surface area contributed by atoms with Crippen molar-refractivity contribution in [3.05, 3.63) is 52.0 Å². The van der Waals surface area contributed by atoms with E-state index in [1.165, 1.54) is 11.3 Å². The van der Waals surface area contributed by atoms with Crippen LogP contribution in [0.3, 0.4) is 0 Å². The van der Waals surface area contributed by atoms with Gasteiger partial charge in [0, 0.05) is 5.02 Å². The number of aromatic nitrogens is 1. The maximum Gasteiger partial charge on any atom is 0.338 e. The zero-order valence-corrected chi connectivity index (χ0v) is 18.2. The van der Waals surface area contributed by atoms with E-state index in [1.54, 1.807) is 57.2 Å². The van der Waals surface area contributed by atoms with Crippen molar-refractivity contribution in [2.45, 2.75) is 33.0 Å². The SMILES string of the molecule is CC(C)OC(=O)c1ccc2nc(NC(=O)[C@H](C)Oc3ccc(Cl)cc3Cl)sc2c1. The lowest BCUT2D eigenvalue weighted by Crippen LogP contribution is -2.30. The van der Waals surface area contributed by atoms with Gasteiger partial charge >= 0.3 is 5.97 Å². The molecule has 1 heterocycles. The van der Waals surface area contributed by atoms with Crippen LogP contribution >= 0.6 is 34.5 Å². The highest BCUT2D eigenvalue weighted by Gasteiger charge is 2.19. The molecule has 9 heteroatoms. The van der Waals surface area contributed by atoms with E-state index in [0.29, 0.717) is 32.0 Å². The smallest absolute Gasteiger partial charge is 0.338 e. The van der Waals surface area contributed by atoms with Gasteiger partial charge in [-0.1, -0.05) is 34.5 Å². The van der Waals surface area contributed by atoms with Gasteiger partial charge in [0.05, 0.1) is 26.9 Å². The van der Waals surface area contributed by atoms with Crippen molar-refractivity contribution in [3.8, 4) is 5.75 Å². The van der Waals surface area contributed by atoms with E-state index < -0.39 is 12.1 Å². The summed E-state index contributed by atoms with van der Waals surface area (Å²) in [6.45, 7) is 5.18. The Labute approximate surface area is 181 Å². The average Bonchev–Trinajstić information content (AvgIpc) is 3.04. The molecular formula is C20H18Cl2N2O4S. The van der Waals surface area contributed by atoms with Crippen molar-refractivity contribution in [2.75, 3.05) is 5.32 Å². The van der Waals surface area contributed by atoms with E-state index in [1.807, 2.05) is 0 Å². The molecule has 0 aliphatic rings. The Morgan fingerprint density at radius 2 is 1.86 bits per heavy atom. The van der Waals surface area contributed by atoms with Crippen LogP contribution < -0.4 is 10.1 Å². The van der Waals surface area contributed by atoms with Gasteiger partial charge in [0.25, 0.3) is 5.91 Å². The number of halogens is 2. The number of hydrogen-bond acceptors (Lipinski definition) is 6. The van der Waals surface area contributed by atoms with Crippen molar-refractivity contribution in [2.24, 2.45) is 0 Å². The molecule has 0 saturated heterocycles. The molecule has 152 valence electrons. The molecule has 1 N–H and O–H groups in total. The zero-order valence-electron chi connectivity index (χ0n) is 15.9. The summed E-state index contributed by atoms with van der Waals surface area (Å²) in [5.41, 5.74) is 1.10. The zero-order chi connectivity index (χ0) is 21.1. The lowest BCUT2D eigenvalue weighted by Gasteiger charge is -2.14. The van der Waals surface area contributed by atoms with Crippen LogP contribution in [0, 0.1) is 0 Å². The number of benzene rings is 2. The highest BCUT2D eigenvalue weighted by Crippen LogP contribution is 2.30. The first-order valence-electron chi connectivity index (χ1n) is 8.77. The van der Waals surface area contributed by atoms with Gasteiger partial charge in [-0.2, -0.15) is 0 Å². The van der Waals surface area contributed by atoms with Gasteiger partial charge in [-0.25, -0.2) is 9.78 Å². The number of anilines is 1. The molecule has 3 aromatic rings. The Balaban J connectivity index is 1.70. The van der Waals surface area contributed by atoms with Gasteiger partial charge in [0.1, 0.15) is 5.75 Å². The lowest BCUT2D eigenvalue weighted by molar-refractivity contribution is -0.122. The molecule has 0 radical (unpaired) electrons. The maximum absolute atomic E-state index is 12.5. The second kappa shape index (κ2) is 8.98. The molecule has 1 amide bonds. The molecule has 0 unspecified atom stereocenters. The number of nitrogens with one attached hydrogen (secondary N) is 1. The minimum atomic E-state index is -0.808. The molecule has 0 aliphatic carbocycles. The minimum absolute atomic E-state index is 0.204. The predicted octanol–water partition coefficient (Wildman–Crippen LogP) is 5.57. The number of esters is 1. The number of hydrogen-bond donors (Lipinski definition) is 1. The molecule has 29 heavy (non-hydrogen) atoms. The summed E-state index contributed by atoms with van der Waals surface area (Å²) < 4.78 is 11.6. The summed E-state index contributed by atoms with van der Waals surface area (Å²) in [4.78, 5) is 28.9. The molecule has 0 fully saturated rings. The van der Waals surface area contributed by atoms with Crippen LogP contribution in [0.5, 0.6) is 5.75 Å². The first-order valence-corrected chi connectivity index (χ1v) is 10.3. The van der Waals surface area contributed by atoms with Gasteiger partial charge in [-0.15, -0.1) is 0 Å². The Morgan fingerprint density at radius 3 is 2.55 bits per heavy atom. The monoisotopic (exact) mass is 452 g/mol. The summed E-state index contributed by atoms with van der Waals surface area (Å²) >= 11 is 13.2. The molecule has 1 aromatic heterocycles. The fraction of sp³-hybridized carbons (Fsp3) is 0.250. The molecular weight excluding hydrogens is 435 g/mol. The third-order valence-corrected chi connectivity index (χ3v) is 5.23. The van der Waals surface area contributed by atoms with Crippen LogP contribution in [0.25, 0.3) is 10.2 Å². The molecule has 0 bridgehead atoms. The third-order valence-electron chi connectivity index (χ3n) is 3.76. The quantitative estimate of drug-likeness (QED) is 0.494. The summed E-state index contributed by atoms with van der Waals surface area (Å²) in [6.07, 6.45) is -1.01. The Bertz CT molecular complexity index is 1070. The second-order valence-electron chi connectivity index (χ2n) is 6.48. The Hall–Kier alpha value is -2.35. The van der Waals surface area contributed by atoms with Gasteiger partial charge in [0.15, 0.2) is 11.2 Å². The van der Waals surface area contributed by atoms with E-state index in [-0.39, 0.29) is 12.0 Å². The number of fused-ring (bicyclic) bond motifs is 1. The first kappa shape index (κ1) is 21.4. The van der Waals surface area contributed by atoms with E-state index in [9.17, 15) is 9.59 Å². The Kier molecular flexibility index (Phi) is 6.62. The largest absolute Gasteiger partial charge is 0.479 e. The summed E-state index contributed by atoms with van der Waals surface area (Å²) in [7, 11) is 0. The van der Waals surface area contributed by atoms with E-state index in [0.717, 1.165) is 4.70 Å². The van der Waals surface area contributed by atoms with E-state index in [2.05, 4.69) is 10.3 Å². The van der Waals surface area contributed by atoms with Crippen LogP contribution in [-0.2, 0) is 9.53 Å². The lowest BCUT2D eigenvalue weighted by atomic mass is 10.2. The van der Waals surface area contributed by atoms with E-state index >= 15 is 0 Å². The summed E-state index contributed by atoms with van der Waals surface area (Å²) in [5.74, 6) is -0.423. The third kappa shape index (κ3) is 5.38. The van der Waals surface area contributed by atoms with Gasteiger partial charge in [-0.05, 0) is 57.2 Å². The standard InChI is InChI=1S/C20H18Cl2N2O4S/c1-10(2)27-19(26)12-4-6-15-17(8-12)29-20(23-15)24-18(25)11(3)28-16-7-5-13(21)9-14(16)22/h4-11H,1-3H3,(H,23,24,25)/t11-/m0/s1. The van der Waals surface area contributed by atoms with Gasteiger partial charge in [-0.3, -0.25) is 10.1 Å². The van der Waals surface area contributed by atoms with Crippen LogP contribution in [0.4, 0.5) is 5.13 Å². The minimum Gasteiger partial charge on any atom is -0.479 e. The van der Waals surface area contributed by atoms with Crippen LogP contribution in [0.15, 0.2) is 36.4 Å². The molecule has 3 rings (SSSR count). The van der Waals surface area contributed by atoms with Crippen LogP contribution in [-0.4, -0.2) is 29.1 Å². The van der Waals surface area contributed by atoms with Gasteiger partial charge < -0.3 is 9.47 Å². The topological polar surface area (TPSA) is 77.5 Å². The van der Waals surface area contributed by atoms with Crippen LogP contribution in [0.1, 0.15) is 31.1 Å². The fourth-order valence-corrected chi connectivity index (χ4v) is 3.77. The Morgan fingerprint density at radius 1 is 1.10 bits per heavy atom.